The van der Waals surface area contributed by atoms with E-state index >= 15 is 0 Å². The zero-order valence-electron chi connectivity index (χ0n) is 12.3. The predicted octanol–water partition coefficient (Wildman–Crippen LogP) is 2.75. The molecule has 0 saturated heterocycles. The Bertz CT molecular complexity index is 498. The Hall–Kier alpha value is -0.580. The van der Waals surface area contributed by atoms with E-state index in [4.69, 9.17) is 11.6 Å². The van der Waals surface area contributed by atoms with Gasteiger partial charge in [-0.25, -0.2) is 0 Å². The Labute approximate surface area is 125 Å². The monoisotopic (exact) mass is 297 g/mol. The molecule has 4 nitrogen and oxygen atoms in total. The zero-order chi connectivity index (χ0) is 14.3. The number of halogens is 1. The maximum Gasteiger partial charge on any atom is 0.0844 e. The third-order valence-corrected chi connectivity index (χ3v) is 5.34. The van der Waals surface area contributed by atoms with Gasteiger partial charge >= 0.3 is 0 Å². The van der Waals surface area contributed by atoms with Gasteiger partial charge in [-0.3, -0.25) is 4.68 Å². The molecule has 2 aliphatic carbocycles. The smallest absolute Gasteiger partial charge is 0.0844 e. The van der Waals surface area contributed by atoms with E-state index in [0.717, 1.165) is 42.1 Å². The fraction of sp³-hybridized carbons (Fsp3) is 0.800. The average molecular weight is 298 g/mol. The fourth-order valence-electron chi connectivity index (χ4n) is 3.52. The third kappa shape index (κ3) is 2.61. The number of aliphatic hydroxyl groups is 1. The maximum absolute atomic E-state index is 9.89. The molecular formula is C15H24ClN3O. The van der Waals surface area contributed by atoms with Gasteiger partial charge in [0, 0.05) is 11.6 Å². The molecule has 0 aliphatic heterocycles. The number of nitrogens with zero attached hydrogens (tertiary/aromatic N) is 2. The standard InChI is InChI=1S/C15H24ClN3O/c1-10-14(16)11(2)19(18-10)13-4-3-7-15(8-13,9-20)17-12-5-6-12/h12-13,17,20H,3-9H2,1-2H3. The lowest BCUT2D eigenvalue weighted by atomic mass is 9.79. The van der Waals surface area contributed by atoms with Crippen molar-refractivity contribution in [1.82, 2.24) is 15.1 Å². The van der Waals surface area contributed by atoms with Crippen molar-refractivity contribution >= 4 is 11.6 Å². The molecule has 3 rings (SSSR count). The highest BCUT2D eigenvalue weighted by atomic mass is 35.5. The first-order valence-corrected chi connectivity index (χ1v) is 8.02. The summed E-state index contributed by atoms with van der Waals surface area (Å²) < 4.78 is 2.08. The van der Waals surface area contributed by atoms with Crippen LogP contribution in [0.15, 0.2) is 0 Å². The topological polar surface area (TPSA) is 50.1 Å². The first-order chi connectivity index (χ1) is 9.54. The predicted molar refractivity (Wildman–Crippen MR) is 80.2 cm³/mol. The summed E-state index contributed by atoms with van der Waals surface area (Å²) >= 11 is 6.27. The average Bonchev–Trinajstić information content (AvgIpc) is 3.22. The Balaban J connectivity index is 1.81. The van der Waals surface area contributed by atoms with Crippen molar-refractivity contribution in [1.29, 1.82) is 0 Å². The normalized spacial score (nSPS) is 30.7. The van der Waals surface area contributed by atoms with Gasteiger partial charge in [0.1, 0.15) is 0 Å². The van der Waals surface area contributed by atoms with Gasteiger partial charge in [-0.05, 0) is 52.4 Å². The molecule has 1 heterocycles. The SMILES string of the molecule is Cc1nn(C2CCCC(CO)(NC3CC3)C2)c(C)c1Cl. The molecule has 20 heavy (non-hydrogen) atoms. The Kier molecular flexibility index (Phi) is 3.82. The van der Waals surface area contributed by atoms with Crippen LogP contribution in [0.3, 0.4) is 0 Å². The highest BCUT2D eigenvalue weighted by Gasteiger charge is 2.40. The first kappa shape index (κ1) is 14.4. The van der Waals surface area contributed by atoms with Crippen molar-refractivity contribution in [2.24, 2.45) is 0 Å². The second-order valence-electron chi connectivity index (χ2n) is 6.54. The molecule has 2 N–H and O–H groups in total. The van der Waals surface area contributed by atoms with Crippen LogP contribution in [-0.4, -0.2) is 33.1 Å². The number of rotatable bonds is 4. The number of aryl methyl sites for hydroxylation is 1. The fourth-order valence-corrected chi connectivity index (χ4v) is 3.64. The molecule has 2 fully saturated rings. The lowest BCUT2D eigenvalue weighted by molar-refractivity contribution is 0.0921. The van der Waals surface area contributed by atoms with Crippen LogP contribution >= 0.6 is 11.6 Å². The molecule has 0 aromatic carbocycles. The van der Waals surface area contributed by atoms with Crippen molar-refractivity contribution in [2.75, 3.05) is 6.61 Å². The number of hydrogen-bond acceptors (Lipinski definition) is 3. The second kappa shape index (κ2) is 5.32. The van der Waals surface area contributed by atoms with E-state index in [2.05, 4.69) is 15.1 Å². The molecule has 0 spiro atoms. The van der Waals surface area contributed by atoms with Crippen LogP contribution in [-0.2, 0) is 0 Å². The van der Waals surface area contributed by atoms with Crippen LogP contribution in [0.1, 0.15) is 56.0 Å². The van der Waals surface area contributed by atoms with Crippen LogP contribution in [0.4, 0.5) is 0 Å². The van der Waals surface area contributed by atoms with Crippen LogP contribution < -0.4 is 5.32 Å². The molecule has 1 aromatic heterocycles. The second-order valence-corrected chi connectivity index (χ2v) is 6.91. The number of aromatic nitrogens is 2. The van der Waals surface area contributed by atoms with Crippen LogP contribution in [0.5, 0.6) is 0 Å². The number of aliphatic hydroxyl groups excluding tert-OH is 1. The first-order valence-electron chi connectivity index (χ1n) is 7.64. The molecule has 5 heteroatoms. The van der Waals surface area contributed by atoms with Gasteiger partial charge in [0.15, 0.2) is 0 Å². The summed E-state index contributed by atoms with van der Waals surface area (Å²) in [7, 11) is 0. The van der Waals surface area contributed by atoms with Gasteiger partial charge in [-0.15, -0.1) is 0 Å². The minimum atomic E-state index is -0.122. The molecule has 0 radical (unpaired) electrons. The molecular weight excluding hydrogens is 274 g/mol. The minimum Gasteiger partial charge on any atom is -0.394 e. The molecule has 0 bridgehead atoms. The third-order valence-electron chi connectivity index (χ3n) is 4.79. The van der Waals surface area contributed by atoms with Crippen LogP contribution in [0, 0.1) is 13.8 Å². The molecule has 0 amide bonds. The van der Waals surface area contributed by atoms with Crippen LogP contribution in [0.25, 0.3) is 0 Å². The molecule has 2 atom stereocenters. The summed E-state index contributed by atoms with van der Waals surface area (Å²) in [4.78, 5) is 0. The van der Waals surface area contributed by atoms with Crippen molar-refractivity contribution in [3.05, 3.63) is 16.4 Å². The van der Waals surface area contributed by atoms with Gasteiger partial charge in [0.05, 0.1) is 29.1 Å². The lowest BCUT2D eigenvalue weighted by Gasteiger charge is -2.41. The summed E-state index contributed by atoms with van der Waals surface area (Å²) in [6.07, 6.45) is 6.74. The number of nitrogens with one attached hydrogen (secondary N) is 1. The van der Waals surface area contributed by atoms with Gasteiger partial charge in [-0.2, -0.15) is 5.10 Å². The summed E-state index contributed by atoms with van der Waals surface area (Å²) in [6, 6.07) is 0.957. The summed E-state index contributed by atoms with van der Waals surface area (Å²) in [5.74, 6) is 0. The van der Waals surface area contributed by atoms with E-state index in [1.165, 1.54) is 12.8 Å². The Morgan fingerprint density at radius 1 is 1.40 bits per heavy atom. The van der Waals surface area contributed by atoms with Gasteiger partial charge in [0.2, 0.25) is 0 Å². The van der Waals surface area contributed by atoms with E-state index in [-0.39, 0.29) is 12.1 Å². The van der Waals surface area contributed by atoms with Crippen molar-refractivity contribution in [3.8, 4) is 0 Å². The Morgan fingerprint density at radius 2 is 2.15 bits per heavy atom. The summed E-state index contributed by atoms with van der Waals surface area (Å²) in [6.45, 7) is 4.20. The Morgan fingerprint density at radius 3 is 2.70 bits per heavy atom. The van der Waals surface area contributed by atoms with E-state index in [0.29, 0.717) is 12.1 Å². The summed E-state index contributed by atoms with van der Waals surface area (Å²) in [5, 5.41) is 18.9. The highest BCUT2D eigenvalue weighted by Crippen LogP contribution is 2.39. The molecule has 2 aliphatic rings. The van der Waals surface area contributed by atoms with E-state index in [1.54, 1.807) is 0 Å². The van der Waals surface area contributed by atoms with E-state index < -0.39 is 0 Å². The largest absolute Gasteiger partial charge is 0.394 e. The van der Waals surface area contributed by atoms with Gasteiger partial charge < -0.3 is 10.4 Å². The van der Waals surface area contributed by atoms with E-state index in [9.17, 15) is 5.11 Å². The van der Waals surface area contributed by atoms with Crippen molar-refractivity contribution in [3.63, 3.8) is 0 Å². The molecule has 2 unspecified atom stereocenters. The summed E-state index contributed by atoms with van der Waals surface area (Å²) in [5.41, 5.74) is 1.83. The quantitative estimate of drug-likeness (QED) is 0.898. The number of hydrogen-bond donors (Lipinski definition) is 2. The molecule has 1 aromatic rings. The molecule has 2 saturated carbocycles. The lowest BCUT2D eigenvalue weighted by Crippen LogP contribution is -2.53. The zero-order valence-corrected chi connectivity index (χ0v) is 13.1. The van der Waals surface area contributed by atoms with Crippen molar-refractivity contribution in [2.45, 2.75) is 70.0 Å². The maximum atomic E-state index is 9.89. The van der Waals surface area contributed by atoms with E-state index in [1.807, 2.05) is 13.8 Å². The molecule has 112 valence electrons. The van der Waals surface area contributed by atoms with Gasteiger partial charge in [-0.1, -0.05) is 11.6 Å². The van der Waals surface area contributed by atoms with Crippen LogP contribution in [0.2, 0.25) is 5.02 Å². The highest BCUT2D eigenvalue weighted by molar-refractivity contribution is 6.31. The van der Waals surface area contributed by atoms with Crippen molar-refractivity contribution < 1.29 is 5.11 Å². The van der Waals surface area contributed by atoms with Gasteiger partial charge in [0.25, 0.3) is 0 Å². The minimum absolute atomic E-state index is 0.122.